The zero-order valence-corrected chi connectivity index (χ0v) is 21.8. The van der Waals surface area contributed by atoms with E-state index in [1.54, 1.807) is 7.11 Å². The number of nitrogens with zero attached hydrogens (tertiary/aromatic N) is 2. The third kappa shape index (κ3) is 7.30. The Hall–Kier alpha value is -2.92. The summed E-state index contributed by atoms with van der Waals surface area (Å²) in [5, 5.41) is 10.5. The fraction of sp³-hybridized carbons (Fsp3) is 0.484. The number of piperidine rings is 1. The third-order valence-corrected chi connectivity index (χ3v) is 7.79. The number of methoxy groups -OCH3 is 1. The fourth-order valence-electron chi connectivity index (χ4n) is 5.83. The van der Waals surface area contributed by atoms with Crippen molar-refractivity contribution in [3.8, 4) is 5.75 Å². The summed E-state index contributed by atoms with van der Waals surface area (Å²) in [7, 11) is 1.70. The lowest BCUT2D eigenvalue weighted by Crippen LogP contribution is -2.41. The van der Waals surface area contributed by atoms with Crippen molar-refractivity contribution in [3.05, 3.63) is 71.4 Å². The van der Waals surface area contributed by atoms with Crippen molar-refractivity contribution in [1.29, 1.82) is 0 Å². The Balaban J connectivity index is 1.31. The first-order valence-corrected chi connectivity index (χ1v) is 13.4. The zero-order valence-electron chi connectivity index (χ0n) is 21.8. The Morgan fingerprint density at radius 2 is 1.97 bits per heavy atom. The van der Waals surface area contributed by atoms with Crippen LogP contribution >= 0.6 is 0 Å². The minimum atomic E-state index is -0.678. The predicted molar refractivity (Wildman–Crippen MR) is 146 cm³/mol. The van der Waals surface area contributed by atoms with E-state index in [-0.39, 0.29) is 6.42 Å². The molecular weight excluding hydrogens is 448 g/mol. The van der Waals surface area contributed by atoms with E-state index >= 15 is 0 Å². The molecule has 2 aromatic carbocycles. The van der Waals surface area contributed by atoms with Crippen LogP contribution in [-0.4, -0.2) is 47.7 Å². The maximum atomic E-state index is 11.3. The van der Waals surface area contributed by atoms with Gasteiger partial charge in [-0.2, -0.15) is 0 Å². The number of benzene rings is 2. The molecule has 0 radical (unpaired) electrons. The van der Waals surface area contributed by atoms with Gasteiger partial charge in [0.1, 0.15) is 5.75 Å². The molecule has 1 aliphatic rings. The van der Waals surface area contributed by atoms with Crippen LogP contribution in [0.15, 0.2) is 54.7 Å². The Morgan fingerprint density at radius 3 is 2.78 bits per heavy atom. The fourth-order valence-corrected chi connectivity index (χ4v) is 5.83. The van der Waals surface area contributed by atoms with Crippen molar-refractivity contribution in [2.45, 2.75) is 58.3 Å². The number of carboxylic acid groups (broad SMARTS) is 1. The molecular formula is C31H40N2O3. The standard InChI is InChI=1S/C31H40N2O3/c1-23-6-3-7-24(20-23)8-5-18-33-19-16-25(27(22-33)11-14-31(34)35)9-4-10-26-15-17-32-30-13-12-28(36-2)21-29(26)30/h3,6-7,12-13,15,17,20-21,25,27H,4-5,8-11,14,16,18-19,22H2,1-2H3,(H,34,35)/t25-,27+/m1/s1. The number of likely N-dealkylation sites (tertiary alicyclic amines) is 1. The van der Waals surface area contributed by atoms with Gasteiger partial charge in [0.15, 0.2) is 0 Å². The van der Waals surface area contributed by atoms with Crippen molar-refractivity contribution < 1.29 is 14.6 Å². The van der Waals surface area contributed by atoms with Gasteiger partial charge < -0.3 is 14.7 Å². The largest absolute Gasteiger partial charge is 0.497 e. The van der Waals surface area contributed by atoms with Crippen LogP contribution in [0.25, 0.3) is 10.9 Å². The predicted octanol–water partition coefficient (Wildman–Crippen LogP) is 6.31. The lowest BCUT2D eigenvalue weighted by atomic mass is 9.79. The average molecular weight is 489 g/mol. The van der Waals surface area contributed by atoms with Gasteiger partial charge in [-0.15, -0.1) is 0 Å². The molecule has 0 saturated carbocycles. The molecule has 2 heterocycles. The summed E-state index contributed by atoms with van der Waals surface area (Å²) in [4.78, 5) is 18.4. The summed E-state index contributed by atoms with van der Waals surface area (Å²) >= 11 is 0. The number of ether oxygens (including phenoxy) is 1. The van der Waals surface area contributed by atoms with Crippen molar-refractivity contribution in [3.63, 3.8) is 0 Å². The quantitative estimate of drug-likeness (QED) is 0.324. The number of hydrogen-bond acceptors (Lipinski definition) is 4. The monoisotopic (exact) mass is 488 g/mol. The molecule has 4 rings (SSSR count). The van der Waals surface area contributed by atoms with Crippen molar-refractivity contribution >= 4 is 16.9 Å². The second-order valence-electron chi connectivity index (χ2n) is 10.4. The molecule has 2 atom stereocenters. The number of aromatic nitrogens is 1. The number of pyridine rings is 1. The molecule has 0 aliphatic carbocycles. The van der Waals surface area contributed by atoms with Crippen LogP contribution in [0.2, 0.25) is 0 Å². The lowest BCUT2D eigenvalue weighted by molar-refractivity contribution is -0.137. The second kappa shape index (κ2) is 12.9. The van der Waals surface area contributed by atoms with Crippen LogP contribution in [0, 0.1) is 18.8 Å². The highest BCUT2D eigenvalue weighted by Crippen LogP contribution is 2.32. The van der Waals surface area contributed by atoms with E-state index in [1.165, 1.54) is 28.5 Å². The molecule has 1 aromatic heterocycles. The van der Waals surface area contributed by atoms with Gasteiger partial charge in [-0.3, -0.25) is 9.78 Å². The maximum absolute atomic E-state index is 11.3. The van der Waals surface area contributed by atoms with Gasteiger partial charge in [-0.1, -0.05) is 29.8 Å². The number of aryl methyl sites for hydroxylation is 3. The molecule has 192 valence electrons. The molecule has 36 heavy (non-hydrogen) atoms. The van der Waals surface area contributed by atoms with Gasteiger partial charge in [-0.25, -0.2) is 0 Å². The van der Waals surface area contributed by atoms with E-state index < -0.39 is 5.97 Å². The molecule has 1 saturated heterocycles. The van der Waals surface area contributed by atoms with E-state index in [0.717, 1.165) is 69.4 Å². The molecule has 0 bridgehead atoms. The molecule has 3 aromatic rings. The van der Waals surface area contributed by atoms with E-state index in [2.05, 4.69) is 53.2 Å². The van der Waals surface area contributed by atoms with Crippen molar-refractivity contribution in [2.75, 3.05) is 26.7 Å². The SMILES string of the molecule is COc1ccc2nccc(CCC[C@@H]3CCN(CCCc4cccc(C)c4)C[C@@H]3CCC(=O)O)c2c1. The summed E-state index contributed by atoms with van der Waals surface area (Å²) in [6, 6.07) is 17.0. The first-order chi connectivity index (χ1) is 17.5. The number of aliphatic carboxylic acids is 1. The Labute approximate surface area is 215 Å². The topological polar surface area (TPSA) is 62.7 Å². The van der Waals surface area contributed by atoms with Gasteiger partial charge in [0.2, 0.25) is 0 Å². The van der Waals surface area contributed by atoms with E-state index in [0.29, 0.717) is 11.8 Å². The number of rotatable bonds is 12. The highest BCUT2D eigenvalue weighted by atomic mass is 16.5. The van der Waals surface area contributed by atoms with Gasteiger partial charge in [0, 0.05) is 24.5 Å². The lowest BCUT2D eigenvalue weighted by Gasteiger charge is -2.39. The summed E-state index contributed by atoms with van der Waals surface area (Å²) in [6.07, 6.45) is 9.64. The smallest absolute Gasteiger partial charge is 0.303 e. The second-order valence-corrected chi connectivity index (χ2v) is 10.4. The van der Waals surface area contributed by atoms with E-state index in [9.17, 15) is 9.90 Å². The Bertz CT molecular complexity index is 1150. The molecule has 5 heteroatoms. The number of fused-ring (bicyclic) bond motifs is 1. The van der Waals surface area contributed by atoms with Crippen molar-refractivity contribution in [1.82, 2.24) is 9.88 Å². The molecule has 5 nitrogen and oxygen atoms in total. The summed E-state index contributed by atoms with van der Waals surface area (Å²) in [5.41, 5.74) is 5.05. The van der Waals surface area contributed by atoms with Gasteiger partial charge in [-0.05, 0) is 112 Å². The summed E-state index contributed by atoms with van der Waals surface area (Å²) in [6.45, 7) is 5.39. The van der Waals surface area contributed by atoms with Gasteiger partial charge >= 0.3 is 5.97 Å². The highest BCUT2D eigenvalue weighted by Gasteiger charge is 2.29. The summed E-state index contributed by atoms with van der Waals surface area (Å²) in [5.74, 6) is 1.24. The molecule has 1 fully saturated rings. The average Bonchev–Trinajstić information content (AvgIpc) is 2.88. The number of carbonyl (C=O) groups is 1. The van der Waals surface area contributed by atoms with Gasteiger partial charge in [0.25, 0.3) is 0 Å². The normalized spacial score (nSPS) is 18.4. The van der Waals surface area contributed by atoms with Crippen LogP contribution in [0.5, 0.6) is 5.75 Å². The van der Waals surface area contributed by atoms with Gasteiger partial charge in [0.05, 0.1) is 12.6 Å². The number of carboxylic acids is 1. The van der Waals surface area contributed by atoms with Crippen LogP contribution in [-0.2, 0) is 17.6 Å². The van der Waals surface area contributed by atoms with E-state index in [4.69, 9.17) is 4.74 Å². The first-order valence-electron chi connectivity index (χ1n) is 13.4. The molecule has 0 amide bonds. The minimum Gasteiger partial charge on any atom is -0.497 e. The van der Waals surface area contributed by atoms with Crippen LogP contribution in [0.3, 0.4) is 0 Å². The highest BCUT2D eigenvalue weighted by molar-refractivity contribution is 5.83. The van der Waals surface area contributed by atoms with Crippen LogP contribution in [0.1, 0.15) is 55.2 Å². The number of hydrogen-bond donors (Lipinski definition) is 1. The molecule has 1 aliphatic heterocycles. The van der Waals surface area contributed by atoms with Crippen LogP contribution in [0.4, 0.5) is 0 Å². The summed E-state index contributed by atoms with van der Waals surface area (Å²) < 4.78 is 5.43. The zero-order chi connectivity index (χ0) is 25.3. The Kier molecular flexibility index (Phi) is 9.35. The van der Waals surface area contributed by atoms with Crippen molar-refractivity contribution in [2.24, 2.45) is 11.8 Å². The Morgan fingerprint density at radius 1 is 1.08 bits per heavy atom. The molecule has 0 spiro atoms. The molecule has 0 unspecified atom stereocenters. The minimum absolute atomic E-state index is 0.271. The maximum Gasteiger partial charge on any atom is 0.303 e. The third-order valence-electron chi connectivity index (χ3n) is 7.79. The molecule has 1 N–H and O–H groups in total. The van der Waals surface area contributed by atoms with Crippen LogP contribution < -0.4 is 4.74 Å². The first kappa shape index (κ1) is 26.2. The van der Waals surface area contributed by atoms with E-state index in [1.807, 2.05) is 18.3 Å².